The number of carbonyl (C=O) groups excluding carboxylic acids is 1. The van der Waals surface area contributed by atoms with E-state index in [1.807, 2.05) is 14.1 Å². The molecule has 0 aromatic carbocycles. The van der Waals surface area contributed by atoms with E-state index in [2.05, 4.69) is 15.2 Å². The van der Waals surface area contributed by atoms with Crippen LogP contribution in [0.4, 0.5) is 5.13 Å². The normalized spacial score (nSPS) is 10.6. The molecule has 0 bridgehead atoms. The number of nitrogens with one attached hydrogen (secondary N) is 1. The van der Waals surface area contributed by atoms with Crippen molar-refractivity contribution in [1.82, 2.24) is 9.88 Å². The van der Waals surface area contributed by atoms with E-state index < -0.39 is 0 Å². The van der Waals surface area contributed by atoms with E-state index in [1.54, 1.807) is 5.38 Å². The van der Waals surface area contributed by atoms with E-state index in [9.17, 15) is 4.79 Å². The van der Waals surface area contributed by atoms with Crippen molar-refractivity contribution in [2.45, 2.75) is 6.92 Å². The molecule has 0 amide bonds. The lowest BCUT2D eigenvalue weighted by Gasteiger charge is -2.08. The minimum absolute atomic E-state index is 0.0157. The molecule has 0 saturated carbocycles. The van der Waals surface area contributed by atoms with Crippen LogP contribution in [0.15, 0.2) is 5.38 Å². The summed E-state index contributed by atoms with van der Waals surface area (Å²) in [4.78, 5) is 17.2. The van der Waals surface area contributed by atoms with Gasteiger partial charge in [0.2, 0.25) is 0 Å². The van der Waals surface area contributed by atoms with Crippen LogP contribution in [0, 0.1) is 0 Å². The average Bonchev–Trinajstić information content (AvgIpc) is 2.52. The zero-order valence-electron chi connectivity index (χ0n) is 8.70. The van der Waals surface area contributed by atoms with Crippen LogP contribution in [0.3, 0.4) is 0 Å². The van der Waals surface area contributed by atoms with E-state index in [1.165, 1.54) is 18.3 Å². The standard InChI is InChI=1S/C9H15N3OS/c1-7(13)8-6-14-9(11-8)10-4-5-12(2)3/h6H,4-5H2,1-3H3,(H,10,11). The summed E-state index contributed by atoms with van der Waals surface area (Å²) < 4.78 is 0. The number of carbonyl (C=O) groups is 1. The van der Waals surface area contributed by atoms with Gasteiger partial charge in [-0.25, -0.2) is 4.98 Å². The number of anilines is 1. The molecule has 0 fully saturated rings. The lowest BCUT2D eigenvalue weighted by atomic mass is 10.4. The first kappa shape index (κ1) is 11.1. The van der Waals surface area contributed by atoms with Crippen LogP contribution < -0.4 is 5.32 Å². The van der Waals surface area contributed by atoms with Gasteiger partial charge in [-0.15, -0.1) is 11.3 Å². The quantitative estimate of drug-likeness (QED) is 0.749. The van der Waals surface area contributed by atoms with Crippen molar-refractivity contribution in [3.05, 3.63) is 11.1 Å². The first-order valence-electron chi connectivity index (χ1n) is 4.44. The maximum absolute atomic E-state index is 10.9. The Morgan fingerprint density at radius 2 is 2.36 bits per heavy atom. The summed E-state index contributed by atoms with van der Waals surface area (Å²) in [5, 5.41) is 5.76. The average molecular weight is 213 g/mol. The summed E-state index contributed by atoms with van der Waals surface area (Å²) in [7, 11) is 4.04. The van der Waals surface area contributed by atoms with E-state index in [0.717, 1.165) is 18.2 Å². The summed E-state index contributed by atoms with van der Waals surface area (Å²) >= 11 is 1.47. The molecule has 4 nitrogen and oxygen atoms in total. The highest BCUT2D eigenvalue weighted by atomic mass is 32.1. The maximum atomic E-state index is 10.9. The summed E-state index contributed by atoms with van der Waals surface area (Å²) in [6.45, 7) is 3.32. The number of ketones is 1. The van der Waals surface area contributed by atoms with Crippen molar-refractivity contribution < 1.29 is 4.79 Å². The van der Waals surface area contributed by atoms with Crippen LogP contribution in [0.2, 0.25) is 0 Å². The van der Waals surface area contributed by atoms with Gasteiger partial charge in [-0.2, -0.15) is 0 Å². The molecule has 0 saturated heterocycles. The third-order valence-electron chi connectivity index (χ3n) is 1.70. The number of hydrogen-bond donors (Lipinski definition) is 1. The van der Waals surface area contributed by atoms with Crippen LogP contribution in [-0.2, 0) is 0 Å². The Morgan fingerprint density at radius 3 is 2.86 bits per heavy atom. The minimum Gasteiger partial charge on any atom is -0.360 e. The predicted octanol–water partition coefficient (Wildman–Crippen LogP) is 1.32. The molecule has 0 radical (unpaired) electrons. The van der Waals surface area contributed by atoms with Gasteiger partial charge in [0.25, 0.3) is 0 Å². The summed E-state index contributed by atoms with van der Waals surface area (Å²) in [5.41, 5.74) is 0.544. The topological polar surface area (TPSA) is 45.2 Å². The smallest absolute Gasteiger partial charge is 0.183 e. The van der Waals surface area contributed by atoms with Crippen molar-refractivity contribution in [2.24, 2.45) is 0 Å². The highest BCUT2D eigenvalue weighted by Crippen LogP contribution is 2.14. The molecule has 0 aliphatic carbocycles. The number of rotatable bonds is 5. The number of nitrogens with zero attached hydrogens (tertiary/aromatic N) is 2. The summed E-state index contributed by atoms with van der Waals surface area (Å²) in [6.07, 6.45) is 0. The molecular weight excluding hydrogens is 198 g/mol. The predicted molar refractivity (Wildman–Crippen MR) is 59.2 cm³/mol. The zero-order chi connectivity index (χ0) is 10.6. The van der Waals surface area contributed by atoms with Gasteiger partial charge >= 0.3 is 0 Å². The molecular formula is C9H15N3OS. The second kappa shape index (κ2) is 5.07. The molecule has 0 spiro atoms. The Hall–Kier alpha value is -0.940. The Balaban J connectivity index is 2.40. The molecule has 0 atom stereocenters. The second-order valence-electron chi connectivity index (χ2n) is 3.32. The van der Waals surface area contributed by atoms with Crippen molar-refractivity contribution in [2.75, 3.05) is 32.5 Å². The Labute approximate surface area is 88.0 Å². The van der Waals surface area contributed by atoms with E-state index in [4.69, 9.17) is 0 Å². The van der Waals surface area contributed by atoms with Gasteiger partial charge in [0, 0.05) is 25.4 Å². The van der Waals surface area contributed by atoms with Crippen LogP contribution in [-0.4, -0.2) is 42.9 Å². The molecule has 1 aromatic heterocycles. The fourth-order valence-corrected chi connectivity index (χ4v) is 1.68. The van der Waals surface area contributed by atoms with E-state index in [0.29, 0.717) is 5.69 Å². The SMILES string of the molecule is CC(=O)c1csc(NCCN(C)C)n1. The van der Waals surface area contributed by atoms with Gasteiger partial charge in [-0.05, 0) is 14.1 Å². The number of thiazole rings is 1. The number of Topliss-reactive ketones (excluding diaryl/α,β-unsaturated/α-hetero) is 1. The Kier molecular flexibility index (Phi) is 4.03. The minimum atomic E-state index is 0.0157. The van der Waals surface area contributed by atoms with Crippen molar-refractivity contribution in [3.8, 4) is 0 Å². The molecule has 0 aliphatic rings. The fraction of sp³-hybridized carbons (Fsp3) is 0.556. The molecule has 14 heavy (non-hydrogen) atoms. The molecule has 5 heteroatoms. The van der Waals surface area contributed by atoms with Crippen LogP contribution in [0.25, 0.3) is 0 Å². The molecule has 1 rings (SSSR count). The summed E-state index contributed by atoms with van der Waals surface area (Å²) in [5.74, 6) is 0.0157. The summed E-state index contributed by atoms with van der Waals surface area (Å²) in [6, 6.07) is 0. The molecule has 78 valence electrons. The van der Waals surface area contributed by atoms with Crippen molar-refractivity contribution in [1.29, 1.82) is 0 Å². The highest BCUT2D eigenvalue weighted by molar-refractivity contribution is 7.13. The monoisotopic (exact) mass is 213 g/mol. The number of aromatic nitrogens is 1. The van der Waals surface area contributed by atoms with Gasteiger partial charge in [0.05, 0.1) is 0 Å². The highest BCUT2D eigenvalue weighted by Gasteiger charge is 2.04. The van der Waals surface area contributed by atoms with Crippen LogP contribution in [0.1, 0.15) is 17.4 Å². The van der Waals surface area contributed by atoms with Crippen LogP contribution in [0.5, 0.6) is 0 Å². The first-order valence-corrected chi connectivity index (χ1v) is 5.32. The third-order valence-corrected chi connectivity index (χ3v) is 2.50. The van der Waals surface area contributed by atoms with Crippen LogP contribution >= 0.6 is 11.3 Å². The van der Waals surface area contributed by atoms with Crippen molar-refractivity contribution >= 4 is 22.3 Å². The maximum Gasteiger partial charge on any atom is 0.183 e. The fourth-order valence-electron chi connectivity index (χ4n) is 0.903. The second-order valence-corrected chi connectivity index (χ2v) is 4.18. The largest absolute Gasteiger partial charge is 0.360 e. The third kappa shape index (κ3) is 3.43. The Bertz CT molecular complexity index is 309. The van der Waals surface area contributed by atoms with Gasteiger partial charge in [-0.1, -0.05) is 0 Å². The van der Waals surface area contributed by atoms with E-state index in [-0.39, 0.29) is 5.78 Å². The first-order chi connectivity index (χ1) is 6.59. The molecule has 0 aliphatic heterocycles. The van der Waals surface area contributed by atoms with Gasteiger partial charge < -0.3 is 10.2 Å². The zero-order valence-corrected chi connectivity index (χ0v) is 9.52. The number of hydrogen-bond acceptors (Lipinski definition) is 5. The molecule has 1 N–H and O–H groups in total. The molecule has 1 heterocycles. The van der Waals surface area contributed by atoms with Gasteiger partial charge in [-0.3, -0.25) is 4.79 Å². The number of likely N-dealkylation sites (N-methyl/N-ethyl adjacent to an activating group) is 1. The lowest BCUT2D eigenvalue weighted by Crippen LogP contribution is -2.20. The van der Waals surface area contributed by atoms with Gasteiger partial charge in [0.1, 0.15) is 5.69 Å². The Morgan fingerprint density at radius 1 is 1.64 bits per heavy atom. The van der Waals surface area contributed by atoms with E-state index >= 15 is 0 Å². The lowest BCUT2D eigenvalue weighted by molar-refractivity contribution is 0.101. The molecule has 1 aromatic rings. The molecule has 0 unspecified atom stereocenters. The van der Waals surface area contributed by atoms with Crippen molar-refractivity contribution in [3.63, 3.8) is 0 Å². The van der Waals surface area contributed by atoms with Gasteiger partial charge in [0.15, 0.2) is 10.9 Å².